The van der Waals surface area contributed by atoms with Crippen LogP contribution in [-0.2, 0) is 11.8 Å². The van der Waals surface area contributed by atoms with Crippen LogP contribution in [0.2, 0.25) is 0 Å². The molecule has 1 saturated carbocycles. The number of halogens is 1. The SMILES string of the molecule is COc1cc2c(cc1I)C[C@H]1C3CCCC[C@]23CCN1C. The van der Waals surface area contributed by atoms with Gasteiger partial charge >= 0.3 is 0 Å². The number of ether oxygens (including phenoxy) is 1. The Kier molecular flexibility index (Phi) is 3.49. The number of hydrogen-bond acceptors (Lipinski definition) is 2. The fourth-order valence-corrected chi connectivity index (χ4v) is 6.11. The van der Waals surface area contributed by atoms with E-state index in [2.05, 4.69) is 46.7 Å². The number of likely N-dealkylation sites (tertiary alicyclic amines) is 1. The van der Waals surface area contributed by atoms with Gasteiger partial charge in [0.1, 0.15) is 5.75 Å². The van der Waals surface area contributed by atoms with Gasteiger partial charge in [0.15, 0.2) is 0 Å². The summed E-state index contributed by atoms with van der Waals surface area (Å²) in [5.41, 5.74) is 3.67. The van der Waals surface area contributed by atoms with Crippen LogP contribution in [-0.4, -0.2) is 31.6 Å². The molecule has 3 atom stereocenters. The van der Waals surface area contributed by atoms with E-state index < -0.39 is 0 Å². The molecule has 2 bridgehead atoms. The minimum atomic E-state index is 0.445. The number of rotatable bonds is 1. The molecule has 3 aliphatic rings. The third-order valence-corrected chi connectivity index (χ3v) is 7.23. The summed E-state index contributed by atoms with van der Waals surface area (Å²) in [4.78, 5) is 2.63. The van der Waals surface area contributed by atoms with E-state index in [1.807, 2.05) is 0 Å². The molecule has 3 heteroatoms. The van der Waals surface area contributed by atoms with Crippen LogP contribution in [0.25, 0.3) is 0 Å². The normalized spacial score (nSPS) is 35.0. The van der Waals surface area contributed by atoms with E-state index in [1.165, 1.54) is 48.6 Å². The van der Waals surface area contributed by atoms with Crippen molar-refractivity contribution in [3.8, 4) is 5.75 Å². The van der Waals surface area contributed by atoms with Gasteiger partial charge in [0.05, 0.1) is 10.7 Å². The van der Waals surface area contributed by atoms with Crippen molar-refractivity contribution >= 4 is 22.6 Å². The Hall–Kier alpha value is -0.290. The van der Waals surface area contributed by atoms with E-state index in [9.17, 15) is 0 Å². The Labute approximate surface area is 141 Å². The molecule has 0 spiro atoms. The zero-order valence-corrected chi connectivity index (χ0v) is 15.2. The minimum absolute atomic E-state index is 0.445. The van der Waals surface area contributed by atoms with Crippen LogP contribution in [0, 0.1) is 9.49 Å². The van der Waals surface area contributed by atoms with Gasteiger partial charge in [-0.15, -0.1) is 0 Å². The van der Waals surface area contributed by atoms with Gasteiger partial charge < -0.3 is 9.64 Å². The maximum Gasteiger partial charge on any atom is 0.132 e. The zero-order valence-electron chi connectivity index (χ0n) is 13.0. The summed E-state index contributed by atoms with van der Waals surface area (Å²) in [6, 6.07) is 5.54. The van der Waals surface area contributed by atoms with Gasteiger partial charge in [0.25, 0.3) is 0 Å². The molecule has 21 heavy (non-hydrogen) atoms. The second-order valence-corrected chi connectivity index (χ2v) is 8.32. The molecule has 2 nitrogen and oxygen atoms in total. The zero-order chi connectivity index (χ0) is 14.6. The molecule has 114 valence electrons. The number of nitrogens with zero attached hydrogens (tertiary/aromatic N) is 1. The first kappa shape index (κ1) is 14.3. The molecule has 1 aliphatic heterocycles. The highest BCUT2D eigenvalue weighted by atomic mass is 127. The minimum Gasteiger partial charge on any atom is -0.496 e. The topological polar surface area (TPSA) is 12.5 Å². The highest BCUT2D eigenvalue weighted by Gasteiger charge is 2.53. The van der Waals surface area contributed by atoms with Gasteiger partial charge in [-0.1, -0.05) is 12.8 Å². The Morgan fingerprint density at radius 2 is 2.14 bits per heavy atom. The third kappa shape index (κ3) is 1.99. The van der Waals surface area contributed by atoms with Gasteiger partial charge in [-0.3, -0.25) is 0 Å². The van der Waals surface area contributed by atoms with E-state index in [0.29, 0.717) is 5.41 Å². The molecule has 1 aromatic carbocycles. The first-order chi connectivity index (χ1) is 10.2. The predicted molar refractivity (Wildman–Crippen MR) is 94.1 cm³/mol. The van der Waals surface area contributed by atoms with Crippen molar-refractivity contribution in [2.45, 2.75) is 50.0 Å². The number of fused-ring (bicyclic) bond motifs is 1. The summed E-state index contributed by atoms with van der Waals surface area (Å²) < 4.78 is 6.89. The van der Waals surface area contributed by atoms with Gasteiger partial charge in [-0.25, -0.2) is 0 Å². The quantitative estimate of drug-likeness (QED) is 0.665. The van der Waals surface area contributed by atoms with Crippen LogP contribution >= 0.6 is 22.6 Å². The van der Waals surface area contributed by atoms with Crippen molar-refractivity contribution in [1.82, 2.24) is 4.90 Å². The van der Waals surface area contributed by atoms with Crippen molar-refractivity contribution in [3.05, 3.63) is 26.8 Å². The predicted octanol–water partition coefficient (Wildman–Crippen LogP) is 3.99. The Balaban J connectivity index is 1.90. The number of benzene rings is 1. The molecule has 1 aromatic rings. The molecular weight excluding hydrogens is 373 g/mol. The second kappa shape index (κ2) is 5.12. The number of methoxy groups -OCH3 is 1. The van der Waals surface area contributed by atoms with E-state index in [1.54, 1.807) is 18.2 Å². The average molecular weight is 397 g/mol. The Morgan fingerprint density at radius 1 is 1.29 bits per heavy atom. The van der Waals surface area contributed by atoms with Crippen LogP contribution < -0.4 is 4.74 Å². The van der Waals surface area contributed by atoms with Gasteiger partial charge in [0.2, 0.25) is 0 Å². The molecule has 0 N–H and O–H groups in total. The lowest BCUT2D eigenvalue weighted by Gasteiger charge is -2.58. The van der Waals surface area contributed by atoms with Crippen molar-refractivity contribution in [1.29, 1.82) is 0 Å². The van der Waals surface area contributed by atoms with Crippen LogP contribution in [0.1, 0.15) is 43.2 Å². The molecule has 1 heterocycles. The fraction of sp³-hybridized carbons (Fsp3) is 0.667. The summed E-state index contributed by atoms with van der Waals surface area (Å²) in [5, 5.41) is 0. The smallest absolute Gasteiger partial charge is 0.132 e. The van der Waals surface area contributed by atoms with Crippen LogP contribution in [0.5, 0.6) is 5.75 Å². The van der Waals surface area contributed by atoms with E-state index in [0.717, 1.165) is 17.7 Å². The Bertz CT molecular complexity index is 573. The van der Waals surface area contributed by atoms with E-state index in [4.69, 9.17) is 4.74 Å². The lowest BCUT2D eigenvalue weighted by molar-refractivity contribution is 0.00270. The molecule has 0 aromatic heterocycles. The number of hydrogen-bond donors (Lipinski definition) is 0. The average Bonchev–Trinajstić information content (AvgIpc) is 2.50. The molecular formula is C18H24INO. The molecule has 2 fully saturated rings. The van der Waals surface area contributed by atoms with E-state index >= 15 is 0 Å². The highest BCUT2D eigenvalue weighted by Crippen LogP contribution is 2.56. The van der Waals surface area contributed by atoms with Crippen molar-refractivity contribution in [2.75, 3.05) is 20.7 Å². The van der Waals surface area contributed by atoms with Gasteiger partial charge in [-0.2, -0.15) is 0 Å². The van der Waals surface area contributed by atoms with Gasteiger partial charge in [0, 0.05) is 11.5 Å². The largest absolute Gasteiger partial charge is 0.496 e. The van der Waals surface area contributed by atoms with Crippen LogP contribution in [0.15, 0.2) is 12.1 Å². The molecule has 2 aliphatic carbocycles. The number of piperidine rings is 1. The van der Waals surface area contributed by atoms with E-state index in [-0.39, 0.29) is 0 Å². The lowest BCUT2D eigenvalue weighted by Crippen LogP contribution is -2.59. The highest BCUT2D eigenvalue weighted by molar-refractivity contribution is 14.1. The first-order valence-electron chi connectivity index (χ1n) is 8.23. The van der Waals surface area contributed by atoms with Crippen molar-refractivity contribution in [2.24, 2.45) is 5.92 Å². The first-order valence-corrected chi connectivity index (χ1v) is 9.31. The molecule has 0 amide bonds. The summed E-state index contributed by atoms with van der Waals surface area (Å²) in [5.74, 6) is 1.94. The van der Waals surface area contributed by atoms with Crippen LogP contribution in [0.3, 0.4) is 0 Å². The van der Waals surface area contributed by atoms with Crippen molar-refractivity contribution in [3.63, 3.8) is 0 Å². The van der Waals surface area contributed by atoms with Crippen molar-refractivity contribution < 1.29 is 4.74 Å². The molecule has 1 saturated heterocycles. The number of likely N-dealkylation sites (N-methyl/N-ethyl adjacent to an activating group) is 1. The summed E-state index contributed by atoms with van der Waals surface area (Å²) in [7, 11) is 4.14. The third-order valence-electron chi connectivity index (χ3n) is 6.38. The molecule has 0 radical (unpaired) electrons. The fourth-order valence-electron chi connectivity index (χ4n) is 5.36. The van der Waals surface area contributed by atoms with Crippen LogP contribution in [0.4, 0.5) is 0 Å². The standard InChI is InChI=1S/C18H24INO/c1-20-8-7-18-6-4-3-5-13(18)16(20)10-12-9-15(19)17(21-2)11-14(12)18/h9,11,13,16H,3-8,10H2,1-2H3/t13?,16-,18+/m0/s1. The summed E-state index contributed by atoms with van der Waals surface area (Å²) in [6.45, 7) is 1.26. The molecule has 1 unspecified atom stereocenters. The Morgan fingerprint density at radius 3 is 2.95 bits per heavy atom. The maximum atomic E-state index is 5.63. The lowest BCUT2D eigenvalue weighted by atomic mass is 9.52. The van der Waals surface area contributed by atoms with Gasteiger partial charge in [-0.05, 0) is 91.0 Å². The molecule has 4 rings (SSSR count). The maximum absolute atomic E-state index is 5.63. The summed E-state index contributed by atoms with van der Waals surface area (Å²) in [6.07, 6.45) is 8.20. The summed E-state index contributed by atoms with van der Waals surface area (Å²) >= 11 is 2.42. The second-order valence-electron chi connectivity index (χ2n) is 7.15. The monoisotopic (exact) mass is 397 g/mol.